The maximum absolute atomic E-state index is 13.7. The van der Waals surface area contributed by atoms with Crippen LogP contribution >= 0.6 is 23.2 Å². The summed E-state index contributed by atoms with van der Waals surface area (Å²) >= 11 is 12.1. The summed E-state index contributed by atoms with van der Waals surface area (Å²) in [5, 5.41) is 2.05. The van der Waals surface area contributed by atoms with Gasteiger partial charge in [0.1, 0.15) is 16.5 Å². The number of amides is 1. The van der Waals surface area contributed by atoms with E-state index in [0.29, 0.717) is 0 Å². The monoisotopic (exact) mass is 464 g/mol. The smallest absolute Gasteiger partial charge is 0.257 e. The van der Waals surface area contributed by atoms with E-state index < -0.39 is 27.6 Å². The standard InChI is InChI=1S/C18H16Cl2F2N2O4S/c1-10-15(21)6-11(7-16(10)22)23-18(25)12-8-17(14(20)9-13(12)19)29(26,27)24-2-4-28-5-3-24/h6-9H,2-5H2,1H3,(H,23,25). The number of nitrogens with zero attached hydrogens (tertiary/aromatic N) is 1. The van der Waals surface area contributed by atoms with Crippen LogP contribution < -0.4 is 5.32 Å². The van der Waals surface area contributed by atoms with Gasteiger partial charge in [-0.05, 0) is 31.2 Å². The lowest BCUT2D eigenvalue weighted by Crippen LogP contribution is -2.40. The number of hydrogen-bond donors (Lipinski definition) is 1. The number of benzene rings is 2. The number of hydrogen-bond acceptors (Lipinski definition) is 4. The molecule has 3 rings (SSSR count). The first-order chi connectivity index (χ1) is 13.6. The minimum Gasteiger partial charge on any atom is -0.379 e. The van der Waals surface area contributed by atoms with E-state index in [4.69, 9.17) is 27.9 Å². The van der Waals surface area contributed by atoms with Crippen molar-refractivity contribution in [2.24, 2.45) is 0 Å². The number of halogens is 4. The summed E-state index contributed by atoms with van der Waals surface area (Å²) in [4.78, 5) is 12.3. The molecule has 0 unspecified atom stereocenters. The van der Waals surface area contributed by atoms with Gasteiger partial charge in [-0.15, -0.1) is 0 Å². The van der Waals surface area contributed by atoms with Crippen molar-refractivity contribution in [2.45, 2.75) is 11.8 Å². The molecule has 1 aliphatic rings. The van der Waals surface area contributed by atoms with Gasteiger partial charge in [-0.25, -0.2) is 17.2 Å². The van der Waals surface area contributed by atoms with E-state index in [1.165, 1.54) is 11.2 Å². The number of carbonyl (C=O) groups excluding carboxylic acids is 1. The molecule has 1 N–H and O–H groups in total. The van der Waals surface area contributed by atoms with E-state index in [1.54, 1.807) is 0 Å². The van der Waals surface area contributed by atoms with Crippen LogP contribution in [0.2, 0.25) is 10.0 Å². The summed E-state index contributed by atoms with van der Waals surface area (Å²) in [6.45, 7) is 2.02. The van der Waals surface area contributed by atoms with Gasteiger partial charge in [-0.3, -0.25) is 4.79 Å². The molecule has 1 fully saturated rings. The van der Waals surface area contributed by atoms with Crippen molar-refractivity contribution in [3.8, 4) is 0 Å². The van der Waals surface area contributed by atoms with Gasteiger partial charge >= 0.3 is 0 Å². The van der Waals surface area contributed by atoms with Crippen LogP contribution in [0.4, 0.5) is 14.5 Å². The van der Waals surface area contributed by atoms with Crippen molar-refractivity contribution in [2.75, 3.05) is 31.6 Å². The fraction of sp³-hybridized carbons (Fsp3) is 0.278. The Hall–Kier alpha value is -1.78. The number of rotatable bonds is 4. The molecule has 0 saturated carbocycles. The van der Waals surface area contributed by atoms with Crippen molar-refractivity contribution in [1.82, 2.24) is 4.31 Å². The highest BCUT2D eigenvalue weighted by atomic mass is 35.5. The number of carbonyl (C=O) groups is 1. The molecule has 2 aromatic carbocycles. The molecule has 11 heteroatoms. The SMILES string of the molecule is Cc1c(F)cc(NC(=O)c2cc(S(=O)(=O)N3CCOCC3)c(Cl)cc2Cl)cc1F. The van der Waals surface area contributed by atoms with Crippen LogP contribution in [0, 0.1) is 18.6 Å². The molecule has 0 aromatic heterocycles. The third-order valence-corrected chi connectivity index (χ3v) is 7.07. The Morgan fingerprint density at radius 1 is 1.07 bits per heavy atom. The normalized spacial score (nSPS) is 15.3. The first-order valence-electron chi connectivity index (χ1n) is 8.45. The summed E-state index contributed by atoms with van der Waals surface area (Å²) in [6.07, 6.45) is 0. The lowest BCUT2D eigenvalue weighted by molar-refractivity contribution is 0.0730. The van der Waals surface area contributed by atoms with Gasteiger partial charge in [0.2, 0.25) is 10.0 Å². The van der Waals surface area contributed by atoms with E-state index >= 15 is 0 Å². The number of nitrogens with one attached hydrogen (secondary N) is 1. The molecule has 0 spiro atoms. The second-order valence-electron chi connectivity index (χ2n) is 6.30. The van der Waals surface area contributed by atoms with Gasteiger partial charge in [0.25, 0.3) is 5.91 Å². The third-order valence-electron chi connectivity index (χ3n) is 4.39. The zero-order valence-corrected chi connectivity index (χ0v) is 17.5. The fourth-order valence-corrected chi connectivity index (χ4v) is 4.98. The molecule has 2 aromatic rings. The first-order valence-corrected chi connectivity index (χ1v) is 10.6. The van der Waals surface area contributed by atoms with Crippen LogP contribution in [0.5, 0.6) is 0 Å². The van der Waals surface area contributed by atoms with Gasteiger partial charge < -0.3 is 10.1 Å². The second kappa shape index (κ2) is 8.53. The van der Waals surface area contributed by atoms with Crippen molar-refractivity contribution in [3.05, 3.63) is 57.1 Å². The summed E-state index contributed by atoms with van der Waals surface area (Å²) in [5.74, 6) is -2.51. The van der Waals surface area contributed by atoms with Crippen LogP contribution in [0.25, 0.3) is 0 Å². The molecule has 156 valence electrons. The van der Waals surface area contributed by atoms with Gasteiger partial charge in [-0.1, -0.05) is 23.2 Å². The molecule has 29 heavy (non-hydrogen) atoms. The van der Waals surface area contributed by atoms with Crippen LogP contribution in [-0.4, -0.2) is 44.9 Å². The molecule has 1 amide bonds. The number of ether oxygens (including phenoxy) is 1. The number of anilines is 1. The first kappa shape index (κ1) is 21.9. The molecule has 0 radical (unpaired) electrons. The Labute approximate surface area is 176 Å². The molecule has 1 heterocycles. The quantitative estimate of drug-likeness (QED) is 0.745. The molecule has 6 nitrogen and oxygen atoms in total. The van der Waals surface area contributed by atoms with E-state index in [9.17, 15) is 22.0 Å². The van der Waals surface area contributed by atoms with Crippen LogP contribution in [0.15, 0.2) is 29.2 Å². The average Bonchev–Trinajstić information content (AvgIpc) is 2.66. The highest BCUT2D eigenvalue weighted by Gasteiger charge is 2.30. The third kappa shape index (κ3) is 4.54. The zero-order chi connectivity index (χ0) is 21.3. The van der Waals surface area contributed by atoms with E-state index in [0.717, 1.165) is 24.3 Å². The summed E-state index contributed by atoms with van der Waals surface area (Å²) in [6, 6.07) is 4.09. The van der Waals surface area contributed by atoms with Gasteiger partial charge in [0.05, 0.1) is 28.8 Å². The van der Waals surface area contributed by atoms with E-state index in [2.05, 4.69) is 5.32 Å². The molecular formula is C18H16Cl2F2N2O4S. The Morgan fingerprint density at radius 3 is 2.24 bits per heavy atom. The minimum absolute atomic E-state index is 0.110. The Kier molecular flexibility index (Phi) is 6.45. The van der Waals surface area contributed by atoms with Gasteiger partial charge in [0.15, 0.2) is 0 Å². The predicted molar refractivity (Wildman–Crippen MR) is 105 cm³/mol. The largest absolute Gasteiger partial charge is 0.379 e. The Morgan fingerprint density at radius 2 is 1.66 bits per heavy atom. The molecule has 0 aliphatic carbocycles. The molecule has 1 saturated heterocycles. The lowest BCUT2D eigenvalue weighted by atomic mass is 10.1. The Balaban J connectivity index is 1.96. The zero-order valence-electron chi connectivity index (χ0n) is 15.1. The number of morpholine rings is 1. The molecule has 1 aliphatic heterocycles. The number of sulfonamides is 1. The van der Waals surface area contributed by atoms with Crippen molar-refractivity contribution < 1.29 is 26.7 Å². The maximum Gasteiger partial charge on any atom is 0.257 e. The van der Waals surface area contributed by atoms with E-state index in [1.807, 2.05) is 0 Å². The van der Waals surface area contributed by atoms with Crippen LogP contribution in [-0.2, 0) is 14.8 Å². The van der Waals surface area contributed by atoms with E-state index in [-0.39, 0.29) is 58.1 Å². The summed E-state index contributed by atoms with van der Waals surface area (Å²) < 4.78 is 59.6. The molecule has 0 atom stereocenters. The van der Waals surface area contributed by atoms with Gasteiger partial charge in [0, 0.05) is 24.3 Å². The van der Waals surface area contributed by atoms with Crippen molar-refractivity contribution >= 4 is 44.8 Å². The van der Waals surface area contributed by atoms with Crippen molar-refractivity contribution in [1.29, 1.82) is 0 Å². The summed E-state index contributed by atoms with van der Waals surface area (Å²) in [5.41, 5.74) is -0.532. The topological polar surface area (TPSA) is 75.7 Å². The molecular weight excluding hydrogens is 449 g/mol. The summed E-state index contributed by atoms with van der Waals surface area (Å²) in [7, 11) is -3.99. The highest BCUT2D eigenvalue weighted by Crippen LogP contribution is 2.31. The lowest BCUT2D eigenvalue weighted by Gasteiger charge is -2.26. The Bertz CT molecular complexity index is 1050. The second-order valence-corrected chi connectivity index (χ2v) is 9.02. The maximum atomic E-state index is 13.7. The van der Waals surface area contributed by atoms with Gasteiger partial charge in [-0.2, -0.15) is 4.31 Å². The average molecular weight is 465 g/mol. The van der Waals surface area contributed by atoms with Crippen LogP contribution in [0.1, 0.15) is 15.9 Å². The predicted octanol–water partition coefficient (Wildman–Crippen LogP) is 3.85. The molecule has 0 bridgehead atoms. The van der Waals surface area contributed by atoms with Crippen molar-refractivity contribution in [3.63, 3.8) is 0 Å². The fourth-order valence-electron chi connectivity index (χ4n) is 2.74. The van der Waals surface area contributed by atoms with Crippen LogP contribution in [0.3, 0.4) is 0 Å². The minimum atomic E-state index is -3.99. The highest BCUT2D eigenvalue weighted by molar-refractivity contribution is 7.89.